The number of benzene rings is 2. The monoisotopic (exact) mass is 486 g/mol. The maximum atomic E-state index is 14.3. The van der Waals surface area contributed by atoms with Gasteiger partial charge in [0.05, 0.1) is 5.69 Å². The van der Waals surface area contributed by atoms with Crippen molar-refractivity contribution in [3.63, 3.8) is 0 Å². The number of halogens is 8. The molecule has 0 saturated heterocycles. The van der Waals surface area contributed by atoms with Crippen molar-refractivity contribution in [3.05, 3.63) is 59.4 Å². The van der Waals surface area contributed by atoms with E-state index in [4.69, 9.17) is 0 Å². The van der Waals surface area contributed by atoms with Crippen LogP contribution in [0, 0.1) is 17.5 Å². The van der Waals surface area contributed by atoms with Gasteiger partial charge < -0.3 is 0 Å². The zero-order valence-electron chi connectivity index (χ0n) is 15.6. The molecule has 0 heterocycles. The molecule has 32 heavy (non-hydrogen) atoms. The van der Waals surface area contributed by atoms with Crippen LogP contribution < -0.4 is 10.2 Å². The number of hydrogen-bond acceptors (Lipinski definition) is 4. The van der Waals surface area contributed by atoms with Gasteiger partial charge >= 0.3 is 23.2 Å². The number of nitrogens with one attached hydrogen (secondary N) is 1. The molecule has 172 valence electrons. The number of rotatable bonds is 5. The van der Waals surface area contributed by atoms with E-state index in [1.54, 1.807) is 5.32 Å². The first kappa shape index (κ1) is 25.1. The van der Waals surface area contributed by atoms with Gasteiger partial charge in [0.15, 0.2) is 0 Å². The second-order valence-electron chi connectivity index (χ2n) is 5.97. The Balaban J connectivity index is 2.18. The molecule has 0 saturated carbocycles. The normalized spacial score (nSPS) is 11.8. The summed E-state index contributed by atoms with van der Waals surface area (Å²) >= 11 is -0.864. The summed E-state index contributed by atoms with van der Waals surface area (Å²) in [6, 6.07) is 2.84. The fraction of sp³-hybridized carbons (Fsp3) is 0.167. The van der Waals surface area contributed by atoms with E-state index >= 15 is 0 Å². The highest BCUT2D eigenvalue weighted by Crippen LogP contribution is 2.41. The van der Waals surface area contributed by atoms with Gasteiger partial charge in [0.1, 0.15) is 23.0 Å². The lowest BCUT2D eigenvalue weighted by Gasteiger charge is -2.20. The summed E-state index contributed by atoms with van der Waals surface area (Å²) in [5.74, 6) is -8.77. The van der Waals surface area contributed by atoms with E-state index in [0.29, 0.717) is 23.1 Å². The van der Waals surface area contributed by atoms with Crippen LogP contribution in [0.1, 0.15) is 10.4 Å². The minimum Gasteiger partial charge on any atom is -0.294 e. The van der Waals surface area contributed by atoms with Crippen molar-refractivity contribution in [2.75, 3.05) is 11.9 Å². The molecule has 0 aliphatic rings. The first-order chi connectivity index (χ1) is 14.6. The highest BCUT2D eigenvalue weighted by atomic mass is 32.2. The Morgan fingerprint density at radius 3 is 1.97 bits per heavy atom. The summed E-state index contributed by atoms with van der Waals surface area (Å²) < 4.78 is 105. The van der Waals surface area contributed by atoms with Crippen LogP contribution in [0.15, 0.2) is 41.3 Å². The van der Waals surface area contributed by atoms with Gasteiger partial charge in [-0.2, -0.15) is 22.0 Å². The van der Waals surface area contributed by atoms with Gasteiger partial charge in [-0.25, -0.2) is 18.0 Å². The van der Waals surface area contributed by atoms with Crippen LogP contribution in [0.2, 0.25) is 0 Å². The lowest BCUT2D eigenvalue weighted by Crippen LogP contribution is -2.41. The number of anilines is 1. The predicted molar refractivity (Wildman–Crippen MR) is 95.9 cm³/mol. The van der Waals surface area contributed by atoms with Crippen LogP contribution in [0.4, 0.5) is 45.6 Å². The average molecular weight is 486 g/mol. The van der Waals surface area contributed by atoms with Crippen molar-refractivity contribution < 1.29 is 49.5 Å². The van der Waals surface area contributed by atoms with E-state index in [-0.39, 0.29) is 0 Å². The molecular formula is C18H10F8N2O3S. The third-order valence-corrected chi connectivity index (χ3v) is 4.69. The zero-order chi connectivity index (χ0) is 24.4. The molecule has 5 nitrogen and oxygen atoms in total. The number of hydrogen-bond donors (Lipinski definition) is 1. The SMILES string of the molecule is CN(C(=O)NC(=O)c1c(F)cccc1F)c1ccc(SC(F)(F)C(=O)C(F)(F)F)cc1F. The molecular weight excluding hydrogens is 476 g/mol. The van der Waals surface area contributed by atoms with Crippen molar-refractivity contribution in [2.45, 2.75) is 16.3 Å². The average Bonchev–Trinajstić information content (AvgIpc) is 2.65. The lowest BCUT2D eigenvalue weighted by atomic mass is 10.2. The van der Waals surface area contributed by atoms with Crippen LogP contribution in [0.5, 0.6) is 0 Å². The van der Waals surface area contributed by atoms with E-state index in [1.165, 1.54) is 0 Å². The maximum absolute atomic E-state index is 14.3. The highest BCUT2D eigenvalue weighted by molar-refractivity contribution is 8.01. The van der Waals surface area contributed by atoms with E-state index in [9.17, 15) is 49.5 Å². The second kappa shape index (κ2) is 9.14. The number of thioether (sulfide) groups is 1. The van der Waals surface area contributed by atoms with Gasteiger partial charge in [0, 0.05) is 11.9 Å². The minimum atomic E-state index is -5.82. The third kappa shape index (κ3) is 5.55. The Kier molecular flexibility index (Phi) is 7.17. The maximum Gasteiger partial charge on any atom is 0.457 e. The summed E-state index contributed by atoms with van der Waals surface area (Å²) in [5, 5.41) is -3.34. The van der Waals surface area contributed by atoms with E-state index in [2.05, 4.69) is 0 Å². The Morgan fingerprint density at radius 1 is 0.906 bits per heavy atom. The van der Waals surface area contributed by atoms with Crippen LogP contribution in [-0.2, 0) is 4.79 Å². The Labute approximate surface area is 178 Å². The van der Waals surface area contributed by atoms with Gasteiger partial charge in [-0.3, -0.25) is 19.8 Å². The van der Waals surface area contributed by atoms with Crippen LogP contribution in [0.3, 0.4) is 0 Å². The van der Waals surface area contributed by atoms with Crippen molar-refractivity contribution in [1.29, 1.82) is 0 Å². The molecule has 0 atom stereocenters. The summed E-state index contributed by atoms with van der Waals surface area (Å²) in [6.07, 6.45) is -5.82. The fourth-order valence-corrected chi connectivity index (χ4v) is 3.05. The highest BCUT2D eigenvalue weighted by Gasteiger charge is 2.55. The Morgan fingerprint density at radius 2 is 1.47 bits per heavy atom. The Bertz CT molecular complexity index is 1050. The minimum absolute atomic E-state index is 0.333. The molecule has 1 N–H and O–H groups in total. The Hall–Kier alpha value is -3.16. The smallest absolute Gasteiger partial charge is 0.294 e. The predicted octanol–water partition coefficient (Wildman–Crippen LogP) is 4.91. The van der Waals surface area contributed by atoms with Crippen LogP contribution in [-0.4, -0.2) is 36.2 Å². The van der Waals surface area contributed by atoms with Crippen LogP contribution >= 0.6 is 11.8 Å². The van der Waals surface area contributed by atoms with Crippen molar-refractivity contribution in [1.82, 2.24) is 5.32 Å². The van der Waals surface area contributed by atoms with E-state index < -0.39 is 74.5 Å². The molecule has 0 radical (unpaired) electrons. The number of carbonyl (C=O) groups excluding carboxylic acids is 3. The number of ketones is 1. The number of Topliss-reactive ketones (excluding diaryl/α,β-unsaturated/α-hetero) is 1. The fourth-order valence-electron chi connectivity index (χ4n) is 2.25. The second-order valence-corrected chi connectivity index (χ2v) is 7.16. The molecule has 0 aliphatic carbocycles. The molecule has 2 rings (SSSR count). The van der Waals surface area contributed by atoms with Gasteiger partial charge in [0.2, 0.25) is 0 Å². The third-order valence-electron chi connectivity index (χ3n) is 3.76. The summed E-state index contributed by atoms with van der Waals surface area (Å²) in [4.78, 5) is 34.5. The molecule has 2 aromatic rings. The molecule has 3 amide bonds. The number of nitrogens with zero attached hydrogens (tertiary/aromatic N) is 1. The molecule has 0 unspecified atom stereocenters. The molecule has 2 aromatic carbocycles. The number of carbonyl (C=O) groups is 3. The number of amides is 3. The summed E-state index contributed by atoms with van der Waals surface area (Å²) in [6.45, 7) is 0. The zero-order valence-corrected chi connectivity index (χ0v) is 16.4. The molecule has 0 fully saturated rings. The largest absolute Gasteiger partial charge is 0.457 e. The number of alkyl halides is 5. The van der Waals surface area contributed by atoms with Crippen molar-refractivity contribution in [3.8, 4) is 0 Å². The van der Waals surface area contributed by atoms with Gasteiger partial charge in [-0.1, -0.05) is 6.07 Å². The molecule has 14 heteroatoms. The molecule has 0 bridgehead atoms. The number of urea groups is 1. The standard InChI is InChI=1S/C18H10F8N2O3S/c1-28(16(31)27-14(29)13-9(19)3-2-4-10(13)20)12-6-5-8(7-11(12)21)32-18(25,26)15(30)17(22,23)24/h2-7H,1H3,(H,27,29,31). The quantitative estimate of drug-likeness (QED) is 0.482. The van der Waals surface area contributed by atoms with Crippen LogP contribution in [0.25, 0.3) is 0 Å². The van der Waals surface area contributed by atoms with Gasteiger partial charge in [-0.05, 0) is 42.1 Å². The number of imide groups is 1. The first-order valence-corrected chi connectivity index (χ1v) is 8.98. The molecule has 0 aromatic heterocycles. The first-order valence-electron chi connectivity index (χ1n) is 8.16. The van der Waals surface area contributed by atoms with Crippen molar-refractivity contribution >= 4 is 35.2 Å². The van der Waals surface area contributed by atoms with E-state index in [1.807, 2.05) is 0 Å². The molecule has 0 aliphatic heterocycles. The van der Waals surface area contributed by atoms with Gasteiger partial charge in [-0.15, -0.1) is 0 Å². The topological polar surface area (TPSA) is 66.5 Å². The molecule has 0 spiro atoms. The summed E-state index contributed by atoms with van der Waals surface area (Å²) in [5.41, 5.74) is -1.71. The summed E-state index contributed by atoms with van der Waals surface area (Å²) in [7, 11) is 0.910. The van der Waals surface area contributed by atoms with Gasteiger partial charge in [0.25, 0.3) is 5.91 Å². The lowest BCUT2D eigenvalue weighted by molar-refractivity contribution is -0.185. The van der Waals surface area contributed by atoms with Crippen molar-refractivity contribution in [2.24, 2.45) is 0 Å². The van der Waals surface area contributed by atoms with E-state index in [0.717, 1.165) is 25.2 Å².